The second kappa shape index (κ2) is 8.06. The largest absolute Gasteiger partial charge is 0.357 e. The van der Waals surface area contributed by atoms with E-state index in [0.717, 1.165) is 30.2 Å². The van der Waals surface area contributed by atoms with Gasteiger partial charge in [-0.3, -0.25) is 10.1 Å². The van der Waals surface area contributed by atoms with Crippen molar-refractivity contribution in [1.82, 2.24) is 9.97 Å². The van der Waals surface area contributed by atoms with Crippen LogP contribution in [-0.4, -0.2) is 29.0 Å². The predicted molar refractivity (Wildman–Crippen MR) is 111 cm³/mol. The van der Waals surface area contributed by atoms with Crippen LogP contribution in [-0.2, 0) is 0 Å². The molecule has 1 amide bonds. The maximum absolute atomic E-state index is 12.5. The first-order valence-electron chi connectivity index (χ1n) is 8.93. The van der Waals surface area contributed by atoms with E-state index in [4.69, 9.17) is 11.6 Å². The number of aromatic nitrogens is 2. The van der Waals surface area contributed by atoms with Gasteiger partial charge in [-0.15, -0.1) is 11.3 Å². The fraction of sp³-hybridized carbons (Fsp3) is 0.250. The normalized spacial score (nSPS) is 14.2. The predicted octanol–water partition coefficient (Wildman–Crippen LogP) is 5.10. The molecular formula is C20H19ClN4OS. The summed E-state index contributed by atoms with van der Waals surface area (Å²) >= 11 is 7.31. The Hall–Kier alpha value is -2.44. The molecule has 4 rings (SSSR count). The second-order valence-corrected chi connectivity index (χ2v) is 7.75. The fourth-order valence-electron chi connectivity index (χ4n) is 3.08. The van der Waals surface area contributed by atoms with E-state index in [1.54, 1.807) is 6.20 Å². The highest BCUT2D eigenvalue weighted by Crippen LogP contribution is 2.26. The number of anilines is 2. The smallest absolute Gasteiger partial charge is 0.259 e. The molecule has 1 aromatic carbocycles. The van der Waals surface area contributed by atoms with E-state index >= 15 is 0 Å². The Labute approximate surface area is 167 Å². The number of pyridine rings is 1. The highest BCUT2D eigenvalue weighted by molar-refractivity contribution is 7.14. The molecule has 3 aromatic rings. The third-order valence-electron chi connectivity index (χ3n) is 4.55. The summed E-state index contributed by atoms with van der Waals surface area (Å²) in [6, 6.07) is 11.2. The van der Waals surface area contributed by atoms with E-state index in [9.17, 15) is 4.79 Å². The van der Waals surface area contributed by atoms with Gasteiger partial charge in [-0.25, -0.2) is 9.97 Å². The van der Waals surface area contributed by atoms with Crippen LogP contribution in [0.15, 0.2) is 48.0 Å². The molecule has 0 aliphatic carbocycles. The number of nitrogens with zero attached hydrogens (tertiary/aromatic N) is 3. The first-order chi connectivity index (χ1) is 13.2. The van der Waals surface area contributed by atoms with Crippen LogP contribution in [0.1, 0.15) is 29.6 Å². The summed E-state index contributed by atoms with van der Waals surface area (Å²) in [6.45, 7) is 2.07. The first kappa shape index (κ1) is 17.9. The number of rotatable bonds is 4. The Bertz CT molecular complexity index is 918. The van der Waals surface area contributed by atoms with E-state index in [1.807, 2.05) is 41.8 Å². The number of carbonyl (C=O) groups excluding carboxylic acids is 1. The molecule has 0 unspecified atom stereocenters. The molecule has 0 radical (unpaired) electrons. The van der Waals surface area contributed by atoms with Crippen molar-refractivity contribution in [1.29, 1.82) is 0 Å². The van der Waals surface area contributed by atoms with Crippen LogP contribution in [0.3, 0.4) is 0 Å². The van der Waals surface area contributed by atoms with E-state index in [1.165, 1.54) is 30.6 Å². The standard InChI is InChI=1S/C20H19ClN4OS/c21-16-7-4-14(5-8-16)17-13-27-20(23-17)24-19(26)15-6-9-18(22-12-15)25-10-2-1-3-11-25/h4-9,12-13H,1-3,10-11H2,(H,23,24,26). The van der Waals surface area contributed by atoms with Crippen molar-refractivity contribution in [2.24, 2.45) is 0 Å². The van der Waals surface area contributed by atoms with Crippen LogP contribution in [0.4, 0.5) is 10.9 Å². The molecule has 1 N–H and O–H groups in total. The summed E-state index contributed by atoms with van der Waals surface area (Å²) in [5.74, 6) is 0.732. The van der Waals surface area contributed by atoms with Crippen molar-refractivity contribution in [3.05, 3.63) is 58.6 Å². The molecular weight excluding hydrogens is 380 g/mol. The zero-order valence-corrected chi connectivity index (χ0v) is 16.3. The molecule has 7 heteroatoms. The maximum atomic E-state index is 12.5. The van der Waals surface area contributed by atoms with E-state index < -0.39 is 0 Å². The van der Waals surface area contributed by atoms with Gasteiger partial charge in [0, 0.05) is 35.3 Å². The summed E-state index contributed by atoms with van der Waals surface area (Å²) < 4.78 is 0. The highest BCUT2D eigenvalue weighted by atomic mass is 35.5. The minimum absolute atomic E-state index is 0.204. The summed E-state index contributed by atoms with van der Waals surface area (Å²) in [4.78, 5) is 23.7. The zero-order chi connectivity index (χ0) is 18.6. The van der Waals surface area contributed by atoms with Crippen molar-refractivity contribution in [2.75, 3.05) is 23.3 Å². The SMILES string of the molecule is O=C(Nc1nc(-c2ccc(Cl)cc2)cs1)c1ccc(N2CCCCC2)nc1. The van der Waals surface area contributed by atoms with E-state index in [-0.39, 0.29) is 5.91 Å². The molecule has 27 heavy (non-hydrogen) atoms. The Morgan fingerprint density at radius 1 is 1.07 bits per heavy atom. The highest BCUT2D eigenvalue weighted by Gasteiger charge is 2.14. The molecule has 0 spiro atoms. The second-order valence-electron chi connectivity index (χ2n) is 6.45. The fourth-order valence-corrected chi connectivity index (χ4v) is 3.92. The van der Waals surface area contributed by atoms with Gasteiger partial charge in [0.05, 0.1) is 11.3 Å². The molecule has 1 saturated heterocycles. The molecule has 5 nitrogen and oxygen atoms in total. The van der Waals surface area contributed by atoms with Crippen LogP contribution in [0.25, 0.3) is 11.3 Å². The molecule has 138 valence electrons. The molecule has 0 bridgehead atoms. The van der Waals surface area contributed by atoms with Crippen molar-refractivity contribution < 1.29 is 4.79 Å². The molecule has 1 aliphatic rings. The van der Waals surface area contributed by atoms with Gasteiger partial charge in [-0.1, -0.05) is 23.7 Å². The van der Waals surface area contributed by atoms with Gasteiger partial charge in [0.2, 0.25) is 0 Å². The number of carbonyl (C=O) groups is 1. The molecule has 2 aromatic heterocycles. The third-order valence-corrected chi connectivity index (χ3v) is 5.56. The molecule has 3 heterocycles. The Morgan fingerprint density at radius 2 is 1.85 bits per heavy atom. The number of benzene rings is 1. The Balaban J connectivity index is 1.42. The Kier molecular flexibility index (Phi) is 5.36. The number of hydrogen-bond donors (Lipinski definition) is 1. The molecule has 1 aliphatic heterocycles. The van der Waals surface area contributed by atoms with E-state index in [0.29, 0.717) is 15.7 Å². The van der Waals surface area contributed by atoms with Crippen molar-refractivity contribution in [3.8, 4) is 11.3 Å². The van der Waals surface area contributed by atoms with E-state index in [2.05, 4.69) is 20.2 Å². The average molecular weight is 399 g/mol. The summed E-state index contributed by atoms with van der Waals surface area (Å²) in [7, 11) is 0. The molecule has 0 atom stereocenters. The number of nitrogens with one attached hydrogen (secondary N) is 1. The van der Waals surface area contributed by atoms with Gasteiger partial charge in [-0.2, -0.15) is 0 Å². The number of halogens is 1. The summed E-state index contributed by atoms with van der Waals surface area (Å²) in [6.07, 6.45) is 5.31. The van der Waals surface area contributed by atoms with Crippen LogP contribution in [0, 0.1) is 0 Å². The lowest BCUT2D eigenvalue weighted by Gasteiger charge is -2.27. The van der Waals surface area contributed by atoms with Crippen molar-refractivity contribution in [2.45, 2.75) is 19.3 Å². The lowest BCUT2D eigenvalue weighted by atomic mass is 10.1. The lowest BCUT2D eigenvalue weighted by Crippen LogP contribution is -2.30. The van der Waals surface area contributed by atoms with Gasteiger partial charge < -0.3 is 4.90 Å². The lowest BCUT2D eigenvalue weighted by molar-refractivity contribution is 0.102. The summed E-state index contributed by atoms with van der Waals surface area (Å²) in [5, 5.41) is 6.00. The number of amides is 1. The quantitative estimate of drug-likeness (QED) is 0.664. The van der Waals surface area contributed by atoms with Gasteiger partial charge >= 0.3 is 0 Å². The number of hydrogen-bond acceptors (Lipinski definition) is 5. The minimum atomic E-state index is -0.204. The van der Waals surface area contributed by atoms with Gasteiger partial charge in [0.25, 0.3) is 5.91 Å². The van der Waals surface area contributed by atoms with Gasteiger partial charge in [0.1, 0.15) is 5.82 Å². The van der Waals surface area contributed by atoms with Crippen molar-refractivity contribution >= 4 is 39.8 Å². The molecule has 0 saturated carbocycles. The van der Waals surface area contributed by atoms with Crippen LogP contribution in [0.5, 0.6) is 0 Å². The average Bonchev–Trinajstić information content (AvgIpc) is 3.18. The van der Waals surface area contributed by atoms with Gasteiger partial charge in [-0.05, 0) is 43.5 Å². The van der Waals surface area contributed by atoms with Gasteiger partial charge in [0.15, 0.2) is 5.13 Å². The number of piperidine rings is 1. The van der Waals surface area contributed by atoms with Crippen LogP contribution in [0.2, 0.25) is 5.02 Å². The zero-order valence-electron chi connectivity index (χ0n) is 14.7. The first-order valence-corrected chi connectivity index (χ1v) is 10.2. The monoisotopic (exact) mass is 398 g/mol. The Morgan fingerprint density at radius 3 is 2.56 bits per heavy atom. The maximum Gasteiger partial charge on any atom is 0.259 e. The van der Waals surface area contributed by atoms with Crippen LogP contribution >= 0.6 is 22.9 Å². The minimum Gasteiger partial charge on any atom is -0.357 e. The van der Waals surface area contributed by atoms with Crippen molar-refractivity contribution in [3.63, 3.8) is 0 Å². The topological polar surface area (TPSA) is 58.1 Å². The molecule has 1 fully saturated rings. The summed E-state index contributed by atoms with van der Waals surface area (Å²) in [5.41, 5.74) is 2.30. The van der Waals surface area contributed by atoms with Crippen LogP contribution < -0.4 is 10.2 Å². The third kappa shape index (κ3) is 4.28. The number of thiazole rings is 1.